The molecule has 0 unspecified atom stereocenters. The lowest BCUT2D eigenvalue weighted by atomic mass is 9.94. The molecule has 5 rings (SSSR count). The Hall–Kier alpha value is -4.22. The first-order chi connectivity index (χ1) is 24.4. The minimum absolute atomic E-state index is 0.225. The van der Waals surface area contributed by atoms with Crippen molar-refractivity contribution in [3.63, 3.8) is 0 Å². The Balaban J connectivity index is 1.07. The first-order valence-corrected chi connectivity index (χ1v) is 18.2. The highest BCUT2D eigenvalue weighted by molar-refractivity contribution is 7.70. The number of nitrogens with one attached hydrogen (secondary N) is 4. The number of amides is 3. The van der Waals surface area contributed by atoms with Crippen LogP contribution in [0.1, 0.15) is 44.8 Å². The Kier molecular flexibility index (Phi) is 12.6. The van der Waals surface area contributed by atoms with Gasteiger partial charge in [0.15, 0.2) is 18.1 Å². The summed E-state index contributed by atoms with van der Waals surface area (Å²) in [7, 11) is 2.87. The number of aliphatic hydroxyl groups excluding tert-OH is 4. The maximum Gasteiger partial charge on any atom is 0.330 e. The molecule has 8 atom stereocenters. The van der Waals surface area contributed by atoms with E-state index in [2.05, 4.69) is 15.6 Å². The van der Waals surface area contributed by atoms with Crippen molar-refractivity contribution in [2.75, 3.05) is 18.5 Å². The minimum Gasteiger partial charge on any atom is -0.456 e. The standard InChI is InChI=1S/C30H38N6O13S2/c31-25(43)23(22-13(11-37)20(41)28(48-22)36-9-7-18(40)35-30(36)46)49-29-21(42)15(38)10-16(47-29)26(44)32-8-5-3-1-2-4-6-17(39)34-19-24-14(12-50-51-24)33-27(19)45/h7,9-10,12-13,15,20-23,28-29,37-38,41-42H,1-6,8,11H2,(H2,31,43)(H,32,44)(H,33,45)(H,34,39)(H,35,40,46)/t13-,15-,20+,21-,22-,23+,28+,29+/m0/s1. The van der Waals surface area contributed by atoms with Crippen LogP contribution in [-0.2, 0) is 28.6 Å². The summed E-state index contributed by atoms with van der Waals surface area (Å²) in [6.45, 7) is -0.535. The largest absolute Gasteiger partial charge is 0.456 e. The summed E-state index contributed by atoms with van der Waals surface area (Å²) in [6.07, 6.45) is -6.00. The van der Waals surface area contributed by atoms with E-state index in [9.17, 15) is 49.2 Å². The lowest BCUT2D eigenvalue weighted by Crippen LogP contribution is -2.53. The van der Waals surface area contributed by atoms with Crippen LogP contribution >= 0.6 is 20.7 Å². The van der Waals surface area contributed by atoms with Crippen LogP contribution in [-0.4, -0.2) is 103 Å². The van der Waals surface area contributed by atoms with Crippen molar-refractivity contribution in [2.24, 2.45) is 11.7 Å². The number of unbranched alkanes of at least 4 members (excludes halogenated alkanes) is 4. The maximum absolute atomic E-state index is 12.8. The van der Waals surface area contributed by atoms with E-state index >= 15 is 0 Å². The highest BCUT2D eigenvalue weighted by Gasteiger charge is 2.51. The fourth-order valence-corrected chi connectivity index (χ4v) is 7.93. The Morgan fingerprint density at radius 3 is 2.53 bits per heavy atom. The van der Waals surface area contributed by atoms with E-state index in [-0.39, 0.29) is 30.1 Å². The topological polar surface area (TPSA) is 298 Å². The van der Waals surface area contributed by atoms with Crippen LogP contribution < -0.4 is 33.2 Å². The molecule has 1 fully saturated rings. The molecule has 0 bridgehead atoms. The van der Waals surface area contributed by atoms with Crippen LogP contribution in [0.3, 0.4) is 0 Å². The summed E-state index contributed by atoms with van der Waals surface area (Å²) in [5.74, 6) is -3.83. The molecule has 19 nitrogen and oxygen atoms in total. The molecule has 21 heteroatoms. The number of rotatable bonds is 16. The summed E-state index contributed by atoms with van der Waals surface area (Å²) in [4.78, 5) is 78.9. The highest BCUT2D eigenvalue weighted by Crippen LogP contribution is 2.37. The summed E-state index contributed by atoms with van der Waals surface area (Å²) in [5.41, 5.74) is 4.54. The number of hydrogen-bond acceptors (Lipinski definition) is 15. The van der Waals surface area contributed by atoms with Gasteiger partial charge in [0.05, 0.1) is 17.2 Å². The first-order valence-electron chi connectivity index (χ1n) is 16.0. The maximum atomic E-state index is 12.8. The molecule has 5 heterocycles. The zero-order valence-corrected chi connectivity index (χ0v) is 28.5. The van der Waals surface area contributed by atoms with Crippen LogP contribution in [0.5, 0.6) is 0 Å². The normalized spacial score (nSPS) is 25.3. The van der Waals surface area contributed by atoms with Crippen molar-refractivity contribution in [1.82, 2.24) is 19.9 Å². The molecule has 0 spiro atoms. The van der Waals surface area contributed by atoms with Gasteiger partial charge in [-0.05, 0) is 18.9 Å². The number of hydrogen-bond donors (Lipinski definition) is 9. The Morgan fingerprint density at radius 2 is 1.80 bits per heavy atom. The second kappa shape index (κ2) is 16.9. The lowest BCUT2D eigenvalue weighted by molar-refractivity contribution is -0.239. The predicted octanol–water partition coefficient (Wildman–Crippen LogP) is -1.75. The number of ether oxygens (including phenoxy) is 3. The van der Waals surface area contributed by atoms with Gasteiger partial charge >= 0.3 is 5.69 Å². The fraction of sp³-hybridized carbons (Fsp3) is 0.533. The molecule has 278 valence electrons. The van der Waals surface area contributed by atoms with E-state index < -0.39 is 84.4 Å². The van der Waals surface area contributed by atoms with E-state index in [0.29, 0.717) is 18.5 Å². The third-order valence-corrected chi connectivity index (χ3v) is 10.5. The molecule has 0 aromatic carbocycles. The van der Waals surface area contributed by atoms with Crippen LogP contribution in [0.15, 0.2) is 43.9 Å². The van der Waals surface area contributed by atoms with Crippen LogP contribution in [0.4, 0.5) is 5.69 Å². The molecule has 4 aliphatic rings. The fourth-order valence-electron chi connectivity index (χ4n) is 5.77. The molecule has 1 aromatic heterocycles. The van der Waals surface area contributed by atoms with Crippen molar-refractivity contribution >= 4 is 44.1 Å². The summed E-state index contributed by atoms with van der Waals surface area (Å²) in [5, 5.41) is 48.9. The number of aromatic amines is 2. The number of aliphatic hydroxyl groups is 4. The third kappa shape index (κ3) is 8.81. The number of nitrogens with two attached hydrogens (primary N) is 1. The minimum atomic E-state index is -1.83. The monoisotopic (exact) mass is 754 g/mol. The van der Waals surface area contributed by atoms with E-state index in [1.807, 2.05) is 10.4 Å². The van der Waals surface area contributed by atoms with Gasteiger partial charge in [0, 0.05) is 36.5 Å². The summed E-state index contributed by atoms with van der Waals surface area (Å²) in [6, 6.07) is 0.997. The van der Waals surface area contributed by atoms with Gasteiger partial charge in [-0.3, -0.25) is 33.5 Å². The predicted molar refractivity (Wildman–Crippen MR) is 180 cm³/mol. The number of carbonyl (C=O) groups excluding carboxylic acids is 3. The molecule has 3 amide bonds. The second-order valence-corrected chi connectivity index (χ2v) is 14.1. The van der Waals surface area contributed by atoms with Gasteiger partial charge < -0.3 is 56.0 Å². The number of H-pyrrole nitrogens is 2. The zero-order chi connectivity index (χ0) is 36.8. The quantitative estimate of drug-likeness (QED) is 0.0580. The Labute approximate surface area is 295 Å². The molecule has 0 aliphatic carbocycles. The number of nitrogens with zero attached hydrogens (tertiary/aromatic N) is 1. The van der Waals surface area contributed by atoms with Gasteiger partial charge in [-0.25, -0.2) is 4.79 Å². The molecule has 51 heavy (non-hydrogen) atoms. The average Bonchev–Trinajstić information content (AvgIpc) is 3.76. The van der Waals surface area contributed by atoms with E-state index in [1.165, 1.54) is 20.7 Å². The van der Waals surface area contributed by atoms with Crippen molar-refractivity contribution in [1.29, 1.82) is 0 Å². The smallest absolute Gasteiger partial charge is 0.330 e. The third-order valence-electron chi connectivity index (χ3n) is 8.44. The molecule has 1 aromatic rings. The van der Waals surface area contributed by atoms with Crippen molar-refractivity contribution in [3.8, 4) is 10.6 Å². The van der Waals surface area contributed by atoms with Crippen molar-refractivity contribution < 1.29 is 49.0 Å². The lowest BCUT2D eigenvalue weighted by Gasteiger charge is -2.35. The summed E-state index contributed by atoms with van der Waals surface area (Å²) >= 11 is 0. The Morgan fingerprint density at radius 1 is 1.06 bits per heavy atom. The van der Waals surface area contributed by atoms with E-state index in [1.54, 1.807) is 0 Å². The SMILES string of the molecule is NC(=O)[C@H](O[C@H]1OC(C(=O)NCCCCCCCC(=O)Nc2c3sscc-3[nH]c2=O)=C[C@H](O)[C@@H]1O)[C@H]1O[C@@H](n2ccc(=O)[nH]c2=O)[C@H](O)[C@@H]1CO. The first kappa shape index (κ1) is 38.0. The molecule has 1 saturated heterocycles. The molecule has 10 N–H and O–H groups in total. The van der Waals surface area contributed by atoms with Gasteiger partial charge in [0.1, 0.15) is 30.1 Å². The molecule has 0 saturated carbocycles. The number of primary amides is 1. The molecule has 4 aliphatic heterocycles. The number of carbonyl (C=O) groups is 3. The Bertz CT molecular complexity index is 1870. The molecular formula is C30H38N6O13S2. The van der Waals surface area contributed by atoms with Crippen LogP contribution in [0, 0.1) is 5.92 Å². The highest BCUT2D eigenvalue weighted by atomic mass is 32.9. The van der Waals surface area contributed by atoms with Gasteiger partial charge in [0.25, 0.3) is 17.0 Å². The van der Waals surface area contributed by atoms with Crippen LogP contribution in [0.25, 0.3) is 10.6 Å². The molecular weight excluding hydrogens is 716 g/mol. The van der Waals surface area contributed by atoms with Gasteiger partial charge in [-0.1, -0.05) is 39.9 Å². The van der Waals surface area contributed by atoms with E-state index in [0.717, 1.165) is 47.0 Å². The second-order valence-electron chi connectivity index (χ2n) is 12.0. The van der Waals surface area contributed by atoms with Gasteiger partial charge in [0.2, 0.25) is 18.1 Å². The molecule has 0 radical (unpaired) electrons. The van der Waals surface area contributed by atoms with E-state index in [4.69, 9.17) is 19.9 Å². The van der Waals surface area contributed by atoms with Crippen molar-refractivity contribution in [2.45, 2.75) is 81.6 Å². The van der Waals surface area contributed by atoms with Gasteiger partial charge in [-0.2, -0.15) is 0 Å². The average molecular weight is 755 g/mol. The number of fused-ring (bicyclic) bond motifs is 1. The van der Waals surface area contributed by atoms with Gasteiger partial charge in [-0.15, -0.1) is 0 Å². The zero-order valence-electron chi connectivity index (χ0n) is 26.9. The number of anilines is 1. The van der Waals surface area contributed by atoms with Crippen molar-refractivity contribution in [3.05, 3.63) is 60.7 Å². The number of aromatic nitrogens is 3. The summed E-state index contributed by atoms with van der Waals surface area (Å²) < 4.78 is 17.6. The van der Waals surface area contributed by atoms with Crippen LogP contribution in [0.2, 0.25) is 0 Å².